The van der Waals surface area contributed by atoms with Gasteiger partial charge in [-0.2, -0.15) is 0 Å². The zero-order valence-electron chi connectivity index (χ0n) is 84.9. The maximum absolute atomic E-state index is 6.67. The first-order chi connectivity index (χ1) is 69.8. The van der Waals surface area contributed by atoms with Crippen molar-refractivity contribution in [1.82, 2.24) is 79.7 Å². The molecule has 18 rings (SSSR count). The van der Waals surface area contributed by atoms with Crippen LogP contribution in [0.1, 0.15) is 248 Å². The molecule has 28 nitrogen and oxygen atoms in total. The van der Waals surface area contributed by atoms with Crippen LogP contribution in [-0.4, -0.2) is 194 Å². The molecule has 144 heavy (non-hydrogen) atoms. The second-order valence-corrected chi connectivity index (χ2v) is 36.2. The molecule has 0 amide bonds. The summed E-state index contributed by atoms with van der Waals surface area (Å²) in [5.41, 5.74) is 9.16. The molecule has 4 aliphatic heterocycles. The van der Waals surface area contributed by atoms with E-state index in [1.807, 2.05) is 109 Å². The summed E-state index contributed by atoms with van der Waals surface area (Å²) in [6.07, 6.45) is 21.1. The molecule has 742 valence electrons. The van der Waals surface area contributed by atoms with Crippen LogP contribution in [0, 0.1) is 11.8 Å². The van der Waals surface area contributed by atoms with Crippen LogP contribution in [0.25, 0.3) is 179 Å². The van der Waals surface area contributed by atoms with Gasteiger partial charge in [0.25, 0.3) is 0 Å². The van der Waals surface area contributed by atoms with Gasteiger partial charge in [-0.25, -0.2) is 19.9 Å². The first-order valence-corrected chi connectivity index (χ1v) is 51.7. The van der Waals surface area contributed by atoms with Crippen molar-refractivity contribution in [2.45, 2.75) is 237 Å². The van der Waals surface area contributed by atoms with E-state index in [1.165, 1.54) is 0 Å². The number of ether oxygens (including phenoxy) is 12. The van der Waals surface area contributed by atoms with Gasteiger partial charge in [-0.15, -0.1) is 0 Å². The van der Waals surface area contributed by atoms with Crippen LogP contribution in [0.4, 0.5) is 0 Å². The Bertz CT molecular complexity index is 6960. The predicted octanol–water partition coefficient (Wildman–Crippen LogP) is 25.4. The second-order valence-electron chi connectivity index (χ2n) is 36.2. The zero-order chi connectivity index (χ0) is 98.0. The molecule has 0 fully saturated rings. The van der Waals surface area contributed by atoms with Gasteiger partial charge in [0.1, 0.15) is 0 Å². The molecule has 10 heterocycles. The second kappa shape index (κ2) is 49.9. The van der Waals surface area contributed by atoms with Crippen molar-refractivity contribution < 1.29 is 56.8 Å². The molecule has 16 bridgehead atoms. The van der Waals surface area contributed by atoms with E-state index in [2.05, 4.69) is 94.9 Å². The van der Waals surface area contributed by atoms with E-state index in [4.69, 9.17) is 137 Å². The third-order valence-electron chi connectivity index (χ3n) is 25.2. The van der Waals surface area contributed by atoms with E-state index in [0.29, 0.717) is 339 Å². The first kappa shape index (κ1) is 104. The van der Waals surface area contributed by atoms with Crippen molar-refractivity contribution in [2.75, 3.05) is 79.3 Å². The molecule has 0 saturated heterocycles. The summed E-state index contributed by atoms with van der Waals surface area (Å²) in [6.45, 7) is 31.3. The minimum Gasteiger partial charge on any atom is -0.490 e. The molecule has 6 aromatic heterocycles. The fraction of sp³-hybridized carbons (Fsp3) is 0.421. The molecule has 4 radical (unpaired) electrons. The van der Waals surface area contributed by atoms with E-state index in [9.17, 15) is 0 Å². The largest absolute Gasteiger partial charge is 2.00 e. The van der Waals surface area contributed by atoms with Gasteiger partial charge in [-0.1, -0.05) is 184 Å². The Labute approximate surface area is 881 Å². The molecule has 4 aliphatic rings. The van der Waals surface area contributed by atoms with Gasteiger partial charge in [0, 0.05) is 101 Å². The smallest absolute Gasteiger partial charge is 0.490 e. The van der Waals surface area contributed by atoms with Crippen LogP contribution in [0.3, 0.4) is 0 Å². The Morgan fingerprint density at radius 3 is 0.465 bits per heavy atom. The van der Waals surface area contributed by atoms with Gasteiger partial charge >= 0.3 is 54.6 Å². The van der Waals surface area contributed by atoms with Crippen molar-refractivity contribution in [3.8, 4) is 172 Å². The average molecular weight is 2330 g/mol. The zero-order valence-corrected chi connectivity index (χ0v) is 92.7. The molecular formula is C114H126N16O12Pb2. The average Bonchev–Trinajstić information content (AvgIpc) is 1.59. The summed E-state index contributed by atoms with van der Waals surface area (Å²) in [5, 5.41) is 5.20. The topological polar surface area (TPSA) is 322 Å². The van der Waals surface area contributed by atoms with E-state index in [1.54, 1.807) is 0 Å². The van der Waals surface area contributed by atoms with Crippen LogP contribution in [0.5, 0.6) is 69.0 Å². The maximum Gasteiger partial charge on any atom is 2.00 e. The van der Waals surface area contributed by atoms with Gasteiger partial charge in [0.2, 0.25) is 0 Å². The van der Waals surface area contributed by atoms with Gasteiger partial charge in [0.05, 0.1) is 126 Å². The Hall–Kier alpha value is -12.5. The van der Waals surface area contributed by atoms with Crippen LogP contribution in [-0.2, 0) is 0 Å². The first-order valence-electron chi connectivity index (χ1n) is 51.7. The molecule has 0 unspecified atom stereocenters. The van der Waals surface area contributed by atoms with Crippen molar-refractivity contribution in [3.63, 3.8) is 0 Å². The number of benzene rings is 8. The molecule has 0 saturated carbocycles. The van der Waals surface area contributed by atoms with Crippen molar-refractivity contribution in [2.24, 2.45) is 0 Å². The minimum atomic E-state index is 0. The molecule has 0 atom stereocenters. The van der Waals surface area contributed by atoms with E-state index >= 15 is 0 Å². The number of aromatic nitrogens is 16. The van der Waals surface area contributed by atoms with Gasteiger partial charge in [0.15, 0.2) is 69.0 Å². The molecule has 30 heteroatoms. The number of hydrogen-bond acceptors (Lipinski definition) is 24. The molecule has 0 aliphatic carbocycles. The van der Waals surface area contributed by atoms with E-state index < -0.39 is 0 Å². The van der Waals surface area contributed by atoms with Crippen LogP contribution in [0.15, 0.2) is 109 Å². The maximum atomic E-state index is 6.67. The fourth-order valence-electron chi connectivity index (χ4n) is 16.9. The van der Waals surface area contributed by atoms with Crippen LogP contribution >= 0.6 is 0 Å². The number of nitrogens with zero attached hydrogens (tertiary/aromatic N) is 16. The van der Waals surface area contributed by atoms with Crippen molar-refractivity contribution in [1.29, 1.82) is 0 Å². The number of rotatable bonds is 48. The number of fused-ring (bicyclic) bond motifs is 40. The molecule has 0 spiro atoms. The summed E-state index contributed by atoms with van der Waals surface area (Å²) in [7, 11) is 0. The monoisotopic (exact) mass is 2330 g/mol. The number of unbranched alkanes of at least 4 members (excludes halogenated alkanes) is 12. The molecular weight excluding hydrogens is 2200 g/mol. The normalized spacial score (nSPS) is 11.6. The summed E-state index contributed by atoms with van der Waals surface area (Å²) in [5.74, 6) is 16.5. The summed E-state index contributed by atoms with van der Waals surface area (Å²) >= 11 is 0. The fourth-order valence-corrected chi connectivity index (χ4v) is 16.9. The minimum absolute atomic E-state index is 0. The third-order valence-corrected chi connectivity index (χ3v) is 25.2. The standard InChI is InChI=1S/C114H126N16O12.2Pb/c1-13-25-43-131-87-57-75-77(59-89(87)133-45-27-15-3)107-121-103(75)117-99-71-41-39-69(55-73(71)101(115-99)119-105-79-61-91(135-47-29-17-5)93(137-49-31-19-7)63-81(79)109(123-105)127-113-85-67-97(141-53-35-23-11)95(139-51-33-21-9)65-83(85)111(125-107)129-113)37-38-70-40-42-72-74(56-70)102-116-100(72)118-104-76-58-88(132-44-26-14-2)90(134-46-28-16-4)60-78(76)108(122-104)126-112-84-66-96(140-52-34-22-10)98(142-54-36-24-12)68-86(84)114(130-112)128-110-82-64-94(138-50-32-20-8)92(136-48-30-18-6)62-80(82)106(120-102)124-110;;/h39-42,55-68H,13-36,43-54H2,1-12H3;;/q-4;2*+2. The van der Waals surface area contributed by atoms with Gasteiger partial charge in [-0.05, 0) is 217 Å². The molecule has 0 N–H and O–H groups in total. The SMILES string of the molecule is CCCCOc1cc2c(cc1OCCCC)-c1nc-2nc2[n-]c(nc3nc(nc4[n-]c(n1)c1cc(OCCCC)c(OCCCC)cc41)-c1cc(C#Cc4ccc5c(c4)-c4nc-5nc5[n-]c(nc6nc(nc7[n-]c(n4)c4cc(OCCCC)c(OCCCC)cc74)-c4cc(OCCCC)c(OCCCC)cc4-6)c4cc(OCCCC)c(OCCCC)cc54)ccc1-3)c1cc(OCCCC)c(OCCCC)cc21.[Pb+2].[Pb+2]. The van der Waals surface area contributed by atoms with E-state index in [-0.39, 0.29) is 54.6 Å². The van der Waals surface area contributed by atoms with Crippen molar-refractivity contribution >= 4 is 143 Å². The van der Waals surface area contributed by atoms with Crippen LogP contribution < -0.4 is 76.8 Å². The number of hydrogen-bond donors (Lipinski definition) is 0. The van der Waals surface area contributed by atoms with Crippen molar-refractivity contribution in [3.05, 3.63) is 120 Å². The molecule has 8 aromatic carbocycles. The van der Waals surface area contributed by atoms with Gasteiger partial charge in [-0.3, -0.25) is 0 Å². The quantitative estimate of drug-likeness (QED) is 0.0194. The third kappa shape index (κ3) is 23.4. The Morgan fingerprint density at radius 2 is 0.312 bits per heavy atom. The van der Waals surface area contributed by atoms with E-state index in [0.717, 1.165) is 154 Å². The Balaban J connectivity index is 0.00000744. The summed E-state index contributed by atoms with van der Waals surface area (Å²) in [4.78, 5) is 87.2. The summed E-state index contributed by atoms with van der Waals surface area (Å²) in [6, 6.07) is 35.5. The Kier molecular flexibility index (Phi) is 36.1. The molecule has 14 aromatic rings. The van der Waals surface area contributed by atoms with Crippen LogP contribution in [0.2, 0.25) is 0 Å². The Morgan fingerprint density at radius 1 is 0.174 bits per heavy atom. The summed E-state index contributed by atoms with van der Waals surface area (Å²) < 4.78 is 79.7. The predicted molar refractivity (Wildman–Crippen MR) is 570 cm³/mol. The van der Waals surface area contributed by atoms with Gasteiger partial charge < -0.3 is 117 Å².